The molecule has 2 aliphatic rings. The number of phenols is 2. The highest BCUT2D eigenvalue weighted by atomic mass is 16.3. The van der Waals surface area contributed by atoms with Crippen LogP contribution in [-0.2, 0) is 43.7 Å². The molecule has 0 saturated carbocycles. The normalized spacial score (nSPS) is 14.2. The van der Waals surface area contributed by atoms with Gasteiger partial charge in [0.1, 0.15) is 11.5 Å². The van der Waals surface area contributed by atoms with E-state index in [1.165, 1.54) is 71.3 Å². The lowest BCUT2D eigenvalue weighted by atomic mass is 9.66. The summed E-state index contributed by atoms with van der Waals surface area (Å²) in [7, 11) is 0. The summed E-state index contributed by atoms with van der Waals surface area (Å²) >= 11 is 0. The molecular weight excluding hydrogens is 865 g/mol. The summed E-state index contributed by atoms with van der Waals surface area (Å²) in [4.78, 5) is 0. The van der Waals surface area contributed by atoms with Crippen molar-refractivity contribution in [1.82, 2.24) is 0 Å². The van der Waals surface area contributed by atoms with Gasteiger partial charge in [-0.3, -0.25) is 0 Å². The molecule has 0 aliphatic heterocycles. The zero-order valence-electron chi connectivity index (χ0n) is 39.7. The monoisotopic (exact) mass is 918 g/mol. The smallest absolute Gasteiger partial charge is 0.126 e. The molecule has 0 heterocycles. The topological polar surface area (TPSA) is 121 Å². The van der Waals surface area contributed by atoms with Crippen molar-refractivity contribution < 1.29 is 30.6 Å². The molecule has 0 aromatic heterocycles. The van der Waals surface area contributed by atoms with Gasteiger partial charge in [0.05, 0.1) is 31.8 Å². The number of aromatic hydroxyl groups is 2. The molecule has 2 aliphatic carbocycles. The molecule has 6 N–H and O–H groups in total. The van der Waals surface area contributed by atoms with Gasteiger partial charge in [0, 0.05) is 27.7 Å². The first kappa shape index (κ1) is 43.9. The minimum absolute atomic E-state index is 0.178. The van der Waals surface area contributed by atoms with Gasteiger partial charge >= 0.3 is 0 Å². The predicted octanol–water partition coefficient (Wildman–Crippen LogP) is 13.2. The van der Waals surface area contributed by atoms with Gasteiger partial charge in [-0.1, -0.05) is 137 Å². The van der Waals surface area contributed by atoms with Crippen LogP contribution in [0.1, 0.15) is 88.9 Å². The Bertz CT molecular complexity index is 3650. The Morgan fingerprint density at radius 3 is 1.41 bits per heavy atom. The summed E-state index contributed by atoms with van der Waals surface area (Å²) < 4.78 is 0. The molecule has 0 saturated heterocycles. The zero-order valence-corrected chi connectivity index (χ0v) is 39.7. The molecule has 0 atom stereocenters. The second-order valence-electron chi connectivity index (χ2n) is 20.5. The van der Waals surface area contributed by atoms with Gasteiger partial charge in [-0.05, 0) is 171 Å². The molecule has 0 amide bonds. The second kappa shape index (κ2) is 16.1. The third-order valence-electron chi connectivity index (χ3n) is 15.8. The quantitative estimate of drug-likeness (QED) is 0.0760. The number of hydrogen-bond acceptors (Lipinski definition) is 6. The van der Waals surface area contributed by atoms with Gasteiger partial charge in [-0.25, -0.2) is 0 Å². The molecule has 10 aromatic carbocycles. The van der Waals surface area contributed by atoms with Crippen molar-refractivity contribution in [3.63, 3.8) is 0 Å². The average Bonchev–Trinajstić information content (AvgIpc) is 3.79. The van der Waals surface area contributed by atoms with Crippen LogP contribution in [0.25, 0.3) is 76.8 Å². The molecule has 12 rings (SSSR count). The van der Waals surface area contributed by atoms with E-state index in [4.69, 9.17) is 0 Å². The molecule has 0 fully saturated rings. The van der Waals surface area contributed by atoms with Crippen LogP contribution >= 0.6 is 0 Å². The van der Waals surface area contributed by atoms with Crippen LogP contribution in [0, 0.1) is 5.92 Å². The van der Waals surface area contributed by atoms with Crippen LogP contribution in [0.4, 0.5) is 0 Å². The Hall–Kier alpha value is -7.32. The van der Waals surface area contributed by atoms with Crippen LogP contribution in [0.15, 0.2) is 152 Å². The molecule has 0 spiro atoms. The van der Waals surface area contributed by atoms with Gasteiger partial charge < -0.3 is 30.6 Å². The van der Waals surface area contributed by atoms with Crippen molar-refractivity contribution in [2.45, 2.75) is 71.4 Å². The number of hydrogen-bond donors (Lipinski definition) is 6. The summed E-state index contributed by atoms with van der Waals surface area (Å²) in [6.07, 6.45) is 1.06. The van der Waals surface area contributed by atoms with Crippen molar-refractivity contribution in [2.75, 3.05) is 0 Å². The highest BCUT2D eigenvalue weighted by Crippen LogP contribution is 2.59. The lowest BCUT2D eigenvalue weighted by molar-refractivity contribution is 0.263. The molecule has 0 bridgehead atoms. The minimum atomic E-state index is -1.14. The highest BCUT2D eigenvalue weighted by Gasteiger charge is 2.47. The van der Waals surface area contributed by atoms with E-state index in [9.17, 15) is 30.6 Å². The fourth-order valence-corrected chi connectivity index (χ4v) is 12.5. The van der Waals surface area contributed by atoms with Crippen LogP contribution in [0.5, 0.6) is 11.5 Å². The van der Waals surface area contributed by atoms with Gasteiger partial charge in [0.25, 0.3) is 0 Å². The van der Waals surface area contributed by atoms with Crippen molar-refractivity contribution in [1.29, 1.82) is 0 Å². The van der Waals surface area contributed by atoms with Gasteiger partial charge in [-0.15, -0.1) is 0 Å². The maximum absolute atomic E-state index is 11.2. The average molecular weight is 919 g/mol. The lowest BCUT2D eigenvalue weighted by Crippen LogP contribution is -2.29. The Morgan fingerprint density at radius 1 is 0.414 bits per heavy atom. The Labute approximate surface area is 407 Å². The standard InChI is InChI=1S/C64H54O6/c1-35(2)21-36-22-41-10-9-37-11-16-49(54-20-15-42(23-36)59(41)60(37)54)40-14-19-52-51-17-12-38(28-56(51)63(3,4)57(52)30-40)39-13-18-53-50-7-5-6-8-55(50)64(58(53)29-39,47-24-43(31-65)61(69)44(25-47)32-66)48-26-45(33-67)62(70)46(27-48)34-68/h5-20,22-30,35,65-70H,21,31-34H2,1-4H3. The SMILES string of the molecule is CC(C)Cc1cc2ccc3ccc(-c4ccc5c(c4)C(C)(C)c4cc(-c6ccc7c(c6)C(c6cc(CO)c(O)c(CO)c6)(c6cc(CO)c(O)c(CO)c6)c6ccccc6-7)ccc4-5)c4ccc(c1)c2c34. The largest absolute Gasteiger partial charge is 0.507 e. The Morgan fingerprint density at radius 2 is 0.857 bits per heavy atom. The molecule has 6 heteroatoms. The first-order chi connectivity index (χ1) is 33.9. The van der Waals surface area contributed by atoms with Gasteiger partial charge in [-0.2, -0.15) is 0 Å². The highest BCUT2D eigenvalue weighted by molar-refractivity contribution is 6.25. The number of benzene rings is 10. The first-order valence-corrected chi connectivity index (χ1v) is 24.3. The Balaban J connectivity index is 1.00. The maximum atomic E-state index is 11.2. The van der Waals surface area contributed by atoms with E-state index < -0.39 is 31.8 Å². The number of aliphatic hydroxyl groups excluding tert-OH is 4. The summed E-state index contributed by atoms with van der Waals surface area (Å²) in [6.45, 7) is 7.32. The lowest BCUT2D eigenvalue weighted by Gasteiger charge is -2.35. The van der Waals surface area contributed by atoms with E-state index in [-0.39, 0.29) is 39.2 Å². The molecule has 10 aromatic rings. The fourth-order valence-electron chi connectivity index (χ4n) is 12.5. The Kier molecular flexibility index (Phi) is 10.1. The predicted molar refractivity (Wildman–Crippen MR) is 281 cm³/mol. The van der Waals surface area contributed by atoms with Crippen LogP contribution in [-0.4, -0.2) is 30.6 Å². The van der Waals surface area contributed by atoms with Crippen LogP contribution in [0.3, 0.4) is 0 Å². The number of aliphatic hydroxyl groups is 4. The van der Waals surface area contributed by atoms with Crippen LogP contribution < -0.4 is 0 Å². The molecular formula is C64H54O6. The van der Waals surface area contributed by atoms with E-state index in [1.807, 2.05) is 12.1 Å². The van der Waals surface area contributed by atoms with E-state index in [2.05, 4.69) is 143 Å². The second-order valence-corrected chi connectivity index (χ2v) is 20.5. The number of fused-ring (bicyclic) bond motifs is 6. The third-order valence-corrected chi connectivity index (χ3v) is 15.8. The maximum Gasteiger partial charge on any atom is 0.126 e. The first-order valence-electron chi connectivity index (χ1n) is 24.3. The van der Waals surface area contributed by atoms with E-state index >= 15 is 0 Å². The summed E-state index contributed by atoms with van der Waals surface area (Å²) in [5.41, 5.74) is 15.4. The molecule has 0 radical (unpaired) electrons. The van der Waals surface area contributed by atoms with Gasteiger partial charge in [0.2, 0.25) is 0 Å². The van der Waals surface area contributed by atoms with Gasteiger partial charge in [0.15, 0.2) is 0 Å². The van der Waals surface area contributed by atoms with Crippen molar-refractivity contribution in [2.24, 2.45) is 5.92 Å². The minimum Gasteiger partial charge on any atom is -0.507 e. The third kappa shape index (κ3) is 6.27. The number of rotatable bonds is 10. The molecule has 6 nitrogen and oxygen atoms in total. The fraction of sp³-hybridized carbons (Fsp3) is 0.188. The van der Waals surface area contributed by atoms with Crippen molar-refractivity contribution in [3.05, 3.63) is 213 Å². The molecule has 0 unspecified atom stereocenters. The van der Waals surface area contributed by atoms with E-state index in [1.54, 1.807) is 24.3 Å². The molecule has 346 valence electrons. The van der Waals surface area contributed by atoms with Crippen molar-refractivity contribution >= 4 is 32.3 Å². The van der Waals surface area contributed by atoms with E-state index in [0.29, 0.717) is 17.0 Å². The summed E-state index contributed by atoms with van der Waals surface area (Å²) in [5, 5.41) is 72.4. The van der Waals surface area contributed by atoms with E-state index in [0.717, 1.165) is 39.8 Å². The molecule has 70 heavy (non-hydrogen) atoms. The van der Waals surface area contributed by atoms with Crippen LogP contribution in [0.2, 0.25) is 0 Å². The van der Waals surface area contributed by atoms with Crippen molar-refractivity contribution in [3.8, 4) is 56.0 Å². The summed E-state index contributed by atoms with van der Waals surface area (Å²) in [6, 6.07) is 53.9. The summed E-state index contributed by atoms with van der Waals surface area (Å²) in [5.74, 6) is 0.230. The zero-order chi connectivity index (χ0) is 48.4.